The third-order valence-electron chi connectivity index (χ3n) is 5.20. The topological polar surface area (TPSA) is 111 Å². The van der Waals surface area contributed by atoms with Crippen LogP contribution in [0.5, 0.6) is 0 Å². The van der Waals surface area contributed by atoms with Gasteiger partial charge in [0.2, 0.25) is 0 Å². The average molecular weight is 436 g/mol. The molecule has 3 aromatic rings. The number of imide groups is 1. The Kier molecular flexibility index (Phi) is 5.35. The number of fused-ring (bicyclic) bond motifs is 1. The molecule has 0 radical (unpaired) electrons. The van der Waals surface area contributed by atoms with E-state index in [1.807, 2.05) is 0 Å². The summed E-state index contributed by atoms with van der Waals surface area (Å²) in [5.74, 6) is -3.11. The summed E-state index contributed by atoms with van der Waals surface area (Å²) in [5.41, 5.74) is -0.000676. The normalized spacial score (nSPS) is 12.8. The number of Topliss-reactive ketones (excluding diaryl/α,β-unsaturated/α-hetero) is 1. The third-order valence-corrected chi connectivity index (χ3v) is 5.20. The van der Waals surface area contributed by atoms with Crippen molar-refractivity contribution < 1.29 is 28.3 Å². The maximum atomic E-state index is 14.4. The van der Waals surface area contributed by atoms with Gasteiger partial charge < -0.3 is 4.74 Å². The van der Waals surface area contributed by atoms with Gasteiger partial charge in [-0.1, -0.05) is 12.1 Å². The molecule has 2 amide bonds. The summed E-state index contributed by atoms with van der Waals surface area (Å²) in [5, 5.41) is 3.90. The number of nitrogens with zero attached hydrogens (tertiary/aromatic N) is 4. The first-order valence-corrected chi connectivity index (χ1v) is 9.53. The van der Waals surface area contributed by atoms with Crippen molar-refractivity contribution in [1.29, 1.82) is 0 Å². The fourth-order valence-corrected chi connectivity index (χ4v) is 3.65. The standard InChI is InChI=1S/C22H17FN4O5/c1-26-18(24-11-25-26)9-17(28)19-12(7-13(23)8-16(19)22(31)32-2)10-27-20(29)14-5-3-4-6-15(14)21(27)30/h3-8,11H,9-10H2,1-2H3. The number of halogens is 1. The zero-order valence-corrected chi connectivity index (χ0v) is 17.2. The molecule has 1 aliphatic heterocycles. The number of rotatable bonds is 6. The van der Waals surface area contributed by atoms with Gasteiger partial charge in [-0.05, 0) is 29.8 Å². The van der Waals surface area contributed by atoms with Gasteiger partial charge in [0.1, 0.15) is 18.0 Å². The van der Waals surface area contributed by atoms with Gasteiger partial charge in [0.05, 0.1) is 36.8 Å². The highest BCUT2D eigenvalue weighted by Crippen LogP contribution is 2.27. The van der Waals surface area contributed by atoms with E-state index in [1.54, 1.807) is 19.2 Å². The number of amides is 2. The summed E-state index contributed by atoms with van der Waals surface area (Å²) < 4.78 is 20.5. The van der Waals surface area contributed by atoms with Gasteiger partial charge in [-0.3, -0.25) is 24.0 Å². The predicted molar refractivity (Wildman–Crippen MR) is 107 cm³/mol. The Morgan fingerprint density at radius 3 is 2.31 bits per heavy atom. The van der Waals surface area contributed by atoms with Crippen LogP contribution in [0.2, 0.25) is 0 Å². The smallest absolute Gasteiger partial charge is 0.338 e. The van der Waals surface area contributed by atoms with Crippen LogP contribution in [0.1, 0.15) is 52.8 Å². The number of ether oxygens (including phenoxy) is 1. The minimum Gasteiger partial charge on any atom is -0.465 e. The molecule has 2 heterocycles. The van der Waals surface area contributed by atoms with Gasteiger partial charge in [-0.25, -0.2) is 14.2 Å². The van der Waals surface area contributed by atoms with Gasteiger partial charge in [-0.2, -0.15) is 5.10 Å². The van der Waals surface area contributed by atoms with Crippen LogP contribution in [0.4, 0.5) is 4.39 Å². The van der Waals surface area contributed by atoms with Crippen molar-refractivity contribution in [1.82, 2.24) is 19.7 Å². The molecule has 0 fully saturated rings. The van der Waals surface area contributed by atoms with Crippen molar-refractivity contribution in [3.8, 4) is 0 Å². The molecule has 0 aliphatic carbocycles. The lowest BCUT2D eigenvalue weighted by Crippen LogP contribution is -2.30. The Morgan fingerprint density at radius 1 is 1.09 bits per heavy atom. The van der Waals surface area contributed by atoms with Crippen molar-refractivity contribution >= 4 is 23.6 Å². The highest BCUT2D eigenvalue weighted by molar-refractivity contribution is 6.21. The van der Waals surface area contributed by atoms with E-state index in [0.29, 0.717) is 5.82 Å². The summed E-state index contributed by atoms with van der Waals surface area (Å²) in [6, 6.07) is 8.20. The molecular formula is C22H17FN4O5. The second-order valence-corrected chi connectivity index (χ2v) is 7.12. The van der Waals surface area contributed by atoms with E-state index in [0.717, 1.165) is 24.1 Å². The molecule has 10 heteroatoms. The second-order valence-electron chi connectivity index (χ2n) is 7.12. The van der Waals surface area contributed by atoms with Crippen molar-refractivity contribution in [3.63, 3.8) is 0 Å². The number of hydrogen-bond donors (Lipinski definition) is 0. The van der Waals surface area contributed by atoms with Gasteiger partial charge in [0.15, 0.2) is 5.78 Å². The van der Waals surface area contributed by atoms with E-state index in [1.165, 1.54) is 23.1 Å². The van der Waals surface area contributed by atoms with E-state index in [4.69, 9.17) is 4.74 Å². The Morgan fingerprint density at radius 2 is 1.75 bits per heavy atom. The first-order valence-electron chi connectivity index (χ1n) is 9.53. The highest BCUT2D eigenvalue weighted by atomic mass is 19.1. The number of ketones is 1. The van der Waals surface area contributed by atoms with Crippen LogP contribution < -0.4 is 0 Å². The van der Waals surface area contributed by atoms with Crippen molar-refractivity contribution in [2.24, 2.45) is 7.05 Å². The lowest BCUT2D eigenvalue weighted by atomic mass is 9.94. The maximum Gasteiger partial charge on any atom is 0.338 e. The summed E-state index contributed by atoms with van der Waals surface area (Å²) in [6.45, 7) is -0.395. The average Bonchev–Trinajstić information content (AvgIpc) is 3.29. The minimum atomic E-state index is -0.922. The monoisotopic (exact) mass is 436 g/mol. The summed E-state index contributed by atoms with van der Waals surface area (Å²) >= 11 is 0. The summed E-state index contributed by atoms with van der Waals surface area (Å²) in [4.78, 5) is 56.0. The molecular weight excluding hydrogens is 419 g/mol. The molecule has 4 rings (SSSR count). The van der Waals surface area contributed by atoms with E-state index in [9.17, 15) is 23.6 Å². The first kappa shape index (κ1) is 21.0. The molecule has 9 nitrogen and oxygen atoms in total. The number of aryl methyl sites for hydroxylation is 1. The number of aromatic nitrogens is 3. The van der Waals surface area contributed by atoms with Gasteiger partial charge in [0, 0.05) is 12.6 Å². The Labute approximate surface area is 181 Å². The quantitative estimate of drug-likeness (QED) is 0.330. The fraction of sp³-hybridized carbons (Fsp3) is 0.182. The van der Waals surface area contributed by atoms with Crippen LogP contribution in [0.3, 0.4) is 0 Å². The van der Waals surface area contributed by atoms with Crippen LogP contribution in [0.25, 0.3) is 0 Å². The molecule has 162 valence electrons. The molecule has 0 N–H and O–H groups in total. The second kappa shape index (κ2) is 8.14. The van der Waals surface area contributed by atoms with Crippen LogP contribution in [0, 0.1) is 5.82 Å². The molecule has 32 heavy (non-hydrogen) atoms. The molecule has 0 bridgehead atoms. The molecule has 2 aromatic carbocycles. The number of methoxy groups -OCH3 is 1. The zero-order valence-electron chi connectivity index (χ0n) is 17.2. The lowest BCUT2D eigenvalue weighted by Gasteiger charge is -2.18. The minimum absolute atomic E-state index is 0.00655. The Balaban J connectivity index is 1.78. The van der Waals surface area contributed by atoms with Crippen molar-refractivity contribution in [3.05, 3.63) is 82.2 Å². The first-order chi connectivity index (χ1) is 15.3. The van der Waals surface area contributed by atoms with Gasteiger partial charge in [0.25, 0.3) is 11.8 Å². The van der Waals surface area contributed by atoms with Crippen molar-refractivity contribution in [2.75, 3.05) is 7.11 Å². The molecule has 1 aliphatic rings. The molecule has 0 spiro atoms. The SMILES string of the molecule is COC(=O)c1cc(F)cc(CN2C(=O)c3ccccc3C2=O)c1C(=O)Cc1ncnn1C. The molecule has 0 unspecified atom stereocenters. The third kappa shape index (κ3) is 3.55. The number of benzene rings is 2. The number of carbonyl (C=O) groups excluding carboxylic acids is 4. The maximum absolute atomic E-state index is 14.4. The largest absolute Gasteiger partial charge is 0.465 e. The van der Waals surface area contributed by atoms with Gasteiger partial charge >= 0.3 is 5.97 Å². The molecule has 0 saturated heterocycles. The van der Waals surface area contributed by atoms with Crippen LogP contribution >= 0.6 is 0 Å². The van der Waals surface area contributed by atoms with Gasteiger partial charge in [-0.15, -0.1) is 0 Å². The number of carbonyl (C=O) groups is 4. The molecule has 1 aromatic heterocycles. The van der Waals surface area contributed by atoms with E-state index < -0.39 is 35.9 Å². The predicted octanol–water partition coefficient (Wildman–Crippen LogP) is 1.96. The fourth-order valence-electron chi connectivity index (χ4n) is 3.65. The van der Waals surface area contributed by atoms with Crippen LogP contribution in [-0.4, -0.2) is 50.3 Å². The van der Waals surface area contributed by atoms with Crippen LogP contribution in [-0.2, 0) is 24.8 Å². The summed E-state index contributed by atoms with van der Waals surface area (Å²) in [7, 11) is 2.70. The number of hydrogen-bond acceptors (Lipinski definition) is 7. The Bertz CT molecular complexity index is 1250. The van der Waals surface area contributed by atoms with E-state index in [-0.39, 0.29) is 34.2 Å². The van der Waals surface area contributed by atoms with Crippen molar-refractivity contribution in [2.45, 2.75) is 13.0 Å². The van der Waals surface area contributed by atoms with E-state index in [2.05, 4.69) is 10.1 Å². The highest BCUT2D eigenvalue weighted by Gasteiger charge is 2.36. The van der Waals surface area contributed by atoms with Crippen LogP contribution in [0.15, 0.2) is 42.7 Å². The zero-order chi connectivity index (χ0) is 23.0. The summed E-state index contributed by atoms with van der Waals surface area (Å²) in [6.07, 6.45) is 1.04. The molecule has 0 atom stereocenters. The number of esters is 1. The molecule has 0 saturated carbocycles. The Hall–Kier alpha value is -4.21. The lowest BCUT2D eigenvalue weighted by molar-refractivity contribution is 0.0596. The van der Waals surface area contributed by atoms with E-state index >= 15 is 0 Å².